The third kappa shape index (κ3) is 2.51. The molecule has 3 aromatic carbocycles. The highest BCUT2D eigenvalue weighted by atomic mass is 79.9. The fraction of sp³-hybridized carbons (Fsp3) is 0. The summed E-state index contributed by atoms with van der Waals surface area (Å²) in [5.41, 5.74) is 10.6. The van der Waals surface area contributed by atoms with Crippen molar-refractivity contribution < 1.29 is 0 Å². The van der Waals surface area contributed by atoms with Crippen LogP contribution in [-0.4, -0.2) is 4.98 Å². The van der Waals surface area contributed by atoms with Crippen LogP contribution < -0.4 is 11.1 Å². The molecule has 0 aliphatic rings. The lowest BCUT2D eigenvalue weighted by Crippen LogP contribution is -1.96. The molecule has 4 aromatic rings. The van der Waals surface area contributed by atoms with Crippen LogP contribution in [-0.2, 0) is 0 Å². The van der Waals surface area contributed by atoms with Crippen LogP contribution in [0.2, 0.25) is 0 Å². The Bertz CT molecular complexity index is 973. The van der Waals surface area contributed by atoms with E-state index < -0.39 is 0 Å². The Balaban J connectivity index is 1.97. The van der Waals surface area contributed by atoms with Gasteiger partial charge in [0, 0.05) is 26.6 Å². The highest BCUT2D eigenvalue weighted by Crippen LogP contribution is 2.34. The molecule has 0 saturated carbocycles. The molecule has 0 amide bonds. The first-order chi connectivity index (χ1) is 11.2. The van der Waals surface area contributed by atoms with Crippen LogP contribution in [0.15, 0.2) is 71.2 Å². The molecule has 3 N–H and O–H groups in total. The maximum Gasteiger partial charge on any atom is 0.0730 e. The molecule has 112 valence electrons. The summed E-state index contributed by atoms with van der Waals surface area (Å²) < 4.78 is 0.880. The zero-order chi connectivity index (χ0) is 15.8. The first-order valence-corrected chi connectivity index (χ1v) is 8.11. The monoisotopic (exact) mass is 363 g/mol. The van der Waals surface area contributed by atoms with Crippen molar-refractivity contribution in [3.8, 4) is 0 Å². The van der Waals surface area contributed by atoms with Crippen LogP contribution in [0.25, 0.3) is 21.8 Å². The molecule has 0 spiro atoms. The predicted molar refractivity (Wildman–Crippen MR) is 101 cm³/mol. The molecular formula is C19H14BrN3. The summed E-state index contributed by atoms with van der Waals surface area (Å²) in [5, 5.41) is 5.73. The second kappa shape index (κ2) is 5.56. The number of fused-ring (bicyclic) bond motifs is 2. The van der Waals surface area contributed by atoms with Gasteiger partial charge in [0.15, 0.2) is 0 Å². The summed E-state index contributed by atoms with van der Waals surface area (Å²) in [4.78, 5) is 4.74. The zero-order valence-electron chi connectivity index (χ0n) is 12.3. The number of halogens is 1. The second-order valence-corrected chi connectivity index (χ2v) is 6.24. The van der Waals surface area contributed by atoms with E-state index in [9.17, 15) is 0 Å². The van der Waals surface area contributed by atoms with Gasteiger partial charge in [0.25, 0.3) is 0 Å². The van der Waals surface area contributed by atoms with Gasteiger partial charge >= 0.3 is 0 Å². The van der Waals surface area contributed by atoms with Crippen LogP contribution in [0.5, 0.6) is 0 Å². The molecule has 0 saturated heterocycles. The predicted octanol–water partition coefficient (Wildman–Crippen LogP) is 5.48. The van der Waals surface area contributed by atoms with E-state index in [-0.39, 0.29) is 0 Å². The first-order valence-electron chi connectivity index (χ1n) is 7.32. The van der Waals surface area contributed by atoms with Gasteiger partial charge in [-0.25, -0.2) is 4.98 Å². The van der Waals surface area contributed by atoms with Crippen LogP contribution in [0.3, 0.4) is 0 Å². The van der Waals surface area contributed by atoms with Crippen molar-refractivity contribution in [1.82, 2.24) is 4.98 Å². The summed E-state index contributed by atoms with van der Waals surface area (Å²) in [5.74, 6) is 0. The minimum absolute atomic E-state index is 0.722. The average Bonchev–Trinajstić information content (AvgIpc) is 2.58. The molecular weight excluding hydrogens is 350 g/mol. The molecule has 0 atom stereocenters. The third-order valence-electron chi connectivity index (χ3n) is 3.86. The van der Waals surface area contributed by atoms with Gasteiger partial charge in [0.05, 0.1) is 16.7 Å². The summed E-state index contributed by atoms with van der Waals surface area (Å²) in [6, 6.07) is 22.2. The standard InChI is InChI=1S/C19H14BrN3/c20-15-11-12(9-10-16(15)21)22-19-13-5-1-3-7-17(13)23-18-8-4-2-6-14(18)19/h1-11H,21H2,(H,22,23). The van der Waals surface area contributed by atoms with Gasteiger partial charge in [-0.3, -0.25) is 0 Å². The number of pyridine rings is 1. The van der Waals surface area contributed by atoms with E-state index in [1.807, 2.05) is 54.6 Å². The number of hydrogen-bond donors (Lipinski definition) is 2. The Morgan fingerprint density at radius 1 is 0.826 bits per heavy atom. The molecule has 4 rings (SSSR count). The Morgan fingerprint density at radius 3 is 2.04 bits per heavy atom. The highest BCUT2D eigenvalue weighted by molar-refractivity contribution is 9.10. The summed E-state index contributed by atoms with van der Waals surface area (Å²) in [7, 11) is 0. The maximum atomic E-state index is 5.88. The molecule has 0 fully saturated rings. The van der Waals surface area contributed by atoms with Crippen molar-refractivity contribution in [2.75, 3.05) is 11.1 Å². The van der Waals surface area contributed by atoms with E-state index >= 15 is 0 Å². The van der Waals surface area contributed by atoms with E-state index in [2.05, 4.69) is 33.4 Å². The van der Waals surface area contributed by atoms with Gasteiger partial charge in [-0.05, 0) is 46.3 Å². The van der Waals surface area contributed by atoms with Crippen LogP contribution >= 0.6 is 15.9 Å². The maximum absolute atomic E-state index is 5.88. The molecule has 0 aliphatic heterocycles. The van der Waals surface area contributed by atoms with E-state index in [1.54, 1.807) is 0 Å². The Kier molecular flexibility index (Phi) is 3.39. The fourth-order valence-corrected chi connectivity index (χ4v) is 3.10. The van der Waals surface area contributed by atoms with Crippen LogP contribution in [0.4, 0.5) is 17.1 Å². The second-order valence-electron chi connectivity index (χ2n) is 5.38. The van der Waals surface area contributed by atoms with Crippen molar-refractivity contribution in [2.45, 2.75) is 0 Å². The molecule has 0 radical (unpaired) electrons. The van der Waals surface area contributed by atoms with E-state index in [1.165, 1.54) is 0 Å². The summed E-state index contributed by atoms with van der Waals surface area (Å²) in [6.07, 6.45) is 0. The molecule has 4 heteroatoms. The number of nitrogens with two attached hydrogens (primary N) is 1. The molecule has 0 bridgehead atoms. The normalized spacial score (nSPS) is 11.0. The van der Waals surface area contributed by atoms with Gasteiger partial charge in [0.1, 0.15) is 0 Å². The first kappa shape index (κ1) is 14.0. The van der Waals surface area contributed by atoms with Gasteiger partial charge in [-0.15, -0.1) is 0 Å². The van der Waals surface area contributed by atoms with Crippen molar-refractivity contribution in [1.29, 1.82) is 0 Å². The average molecular weight is 364 g/mol. The number of nitrogens with zero attached hydrogens (tertiary/aromatic N) is 1. The Labute approximate surface area is 142 Å². The lowest BCUT2D eigenvalue weighted by molar-refractivity contribution is 1.48. The Hall–Kier alpha value is -2.59. The van der Waals surface area contributed by atoms with Gasteiger partial charge in [0.2, 0.25) is 0 Å². The van der Waals surface area contributed by atoms with E-state index in [4.69, 9.17) is 10.7 Å². The van der Waals surface area contributed by atoms with Crippen molar-refractivity contribution >= 4 is 54.8 Å². The van der Waals surface area contributed by atoms with Crippen molar-refractivity contribution in [3.63, 3.8) is 0 Å². The highest BCUT2D eigenvalue weighted by Gasteiger charge is 2.09. The number of nitrogen functional groups attached to an aromatic ring is 1. The number of benzene rings is 3. The number of nitrogens with one attached hydrogen (secondary N) is 1. The van der Waals surface area contributed by atoms with Crippen molar-refractivity contribution in [2.24, 2.45) is 0 Å². The van der Waals surface area contributed by atoms with E-state index in [0.29, 0.717) is 0 Å². The number of aromatic nitrogens is 1. The number of para-hydroxylation sites is 2. The quantitative estimate of drug-likeness (QED) is 0.366. The zero-order valence-corrected chi connectivity index (χ0v) is 13.8. The van der Waals surface area contributed by atoms with Crippen molar-refractivity contribution in [3.05, 3.63) is 71.2 Å². The Morgan fingerprint density at radius 2 is 1.43 bits per heavy atom. The third-order valence-corrected chi connectivity index (χ3v) is 4.54. The van der Waals surface area contributed by atoms with E-state index in [0.717, 1.165) is 43.3 Å². The molecule has 3 nitrogen and oxygen atoms in total. The fourth-order valence-electron chi connectivity index (χ4n) is 2.72. The number of rotatable bonds is 2. The topological polar surface area (TPSA) is 50.9 Å². The molecule has 1 aromatic heterocycles. The lowest BCUT2D eigenvalue weighted by atomic mass is 10.1. The SMILES string of the molecule is Nc1ccc(Nc2c3ccccc3nc3ccccc23)cc1Br. The van der Waals surface area contributed by atoms with Gasteiger partial charge < -0.3 is 11.1 Å². The van der Waals surface area contributed by atoms with Gasteiger partial charge in [-0.2, -0.15) is 0 Å². The molecule has 0 aliphatic carbocycles. The molecule has 0 unspecified atom stereocenters. The number of anilines is 3. The minimum Gasteiger partial charge on any atom is -0.398 e. The largest absolute Gasteiger partial charge is 0.398 e. The molecule has 1 heterocycles. The number of hydrogen-bond acceptors (Lipinski definition) is 3. The molecule has 23 heavy (non-hydrogen) atoms. The summed E-state index contributed by atoms with van der Waals surface area (Å²) >= 11 is 3.48. The van der Waals surface area contributed by atoms with Crippen LogP contribution in [0, 0.1) is 0 Å². The smallest absolute Gasteiger partial charge is 0.0730 e. The lowest BCUT2D eigenvalue weighted by Gasteiger charge is -2.14. The van der Waals surface area contributed by atoms with Gasteiger partial charge in [-0.1, -0.05) is 36.4 Å². The minimum atomic E-state index is 0.722. The van der Waals surface area contributed by atoms with Crippen LogP contribution in [0.1, 0.15) is 0 Å². The summed E-state index contributed by atoms with van der Waals surface area (Å²) in [6.45, 7) is 0.